The molecule has 1 saturated heterocycles. The second-order valence-corrected chi connectivity index (χ2v) is 6.05. The number of fused-ring (bicyclic) bond motifs is 1. The Labute approximate surface area is 122 Å². The third-order valence-electron chi connectivity index (χ3n) is 4.49. The first-order valence-electron chi connectivity index (χ1n) is 7.51. The lowest BCUT2D eigenvalue weighted by molar-refractivity contribution is 0.0730. The van der Waals surface area contributed by atoms with Gasteiger partial charge in [-0.1, -0.05) is 0 Å². The molecule has 1 aromatic heterocycles. The zero-order valence-electron chi connectivity index (χ0n) is 11.8. The van der Waals surface area contributed by atoms with Gasteiger partial charge in [0, 0.05) is 29.4 Å². The summed E-state index contributed by atoms with van der Waals surface area (Å²) in [6, 6.07) is 5.70. The van der Waals surface area contributed by atoms with Crippen molar-refractivity contribution in [1.29, 1.82) is 0 Å². The smallest absolute Gasteiger partial charge is 0.253 e. The van der Waals surface area contributed by atoms with E-state index in [0.29, 0.717) is 17.2 Å². The van der Waals surface area contributed by atoms with Gasteiger partial charge in [0.1, 0.15) is 0 Å². The first kappa shape index (κ1) is 12.7. The van der Waals surface area contributed by atoms with Gasteiger partial charge in [0.25, 0.3) is 5.91 Å². The maximum Gasteiger partial charge on any atom is 0.253 e. The Balaban J connectivity index is 1.57. The number of aromatic amines is 1. The largest absolute Gasteiger partial charge is 0.399 e. The highest BCUT2D eigenvalue weighted by molar-refractivity contribution is 6.07. The summed E-state index contributed by atoms with van der Waals surface area (Å²) in [4.78, 5) is 15.7. The highest BCUT2D eigenvalue weighted by Crippen LogP contribution is 2.38. The number of nitrogen functional groups attached to an aromatic ring is 1. The Morgan fingerprint density at radius 2 is 2.19 bits per heavy atom. The fourth-order valence-electron chi connectivity index (χ4n) is 3.23. The SMILES string of the molecule is Nc1ccc2[nH]cc(C(=O)NC3CCOC3C3CC3)c2c1. The third-order valence-corrected chi connectivity index (χ3v) is 4.49. The van der Waals surface area contributed by atoms with Crippen LogP contribution in [0.3, 0.4) is 0 Å². The normalized spacial score (nSPS) is 25.3. The number of ether oxygens (including phenoxy) is 1. The Hall–Kier alpha value is -2.01. The summed E-state index contributed by atoms with van der Waals surface area (Å²) < 4.78 is 5.77. The summed E-state index contributed by atoms with van der Waals surface area (Å²) in [5.41, 5.74) is 8.06. The molecule has 1 aliphatic heterocycles. The highest BCUT2D eigenvalue weighted by atomic mass is 16.5. The van der Waals surface area contributed by atoms with Crippen molar-refractivity contribution in [2.24, 2.45) is 5.92 Å². The molecule has 0 radical (unpaired) electrons. The van der Waals surface area contributed by atoms with Gasteiger partial charge in [0.05, 0.1) is 17.7 Å². The number of rotatable bonds is 3. The highest BCUT2D eigenvalue weighted by Gasteiger charge is 2.41. The van der Waals surface area contributed by atoms with E-state index in [0.717, 1.165) is 23.9 Å². The van der Waals surface area contributed by atoms with E-state index in [1.807, 2.05) is 18.2 Å². The fraction of sp³-hybridized carbons (Fsp3) is 0.438. The van der Waals surface area contributed by atoms with Crippen LogP contribution in [0.5, 0.6) is 0 Å². The van der Waals surface area contributed by atoms with E-state index in [2.05, 4.69) is 10.3 Å². The van der Waals surface area contributed by atoms with Crippen molar-refractivity contribution in [1.82, 2.24) is 10.3 Å². The molecule has 2 aliphatic rings. The number of anilines is 1. The molecule has 2 unspecified atom stereocenters. The predicted molar refractivity (Wildman–Crippen MR) is 81.0 cm³/mol. The fourth-order valence-corrected chi connectivity index (χ4v) is 3.23. The van der Waals surface area contributed by atoms with Crippen molar-refractivity contribution in [3.8, 4) is 0 Å². The second-order valence-electron chi connectivity index (χ2n) is 6.05. The number of benzene rings is 1. The number of amides is 1. The average Bonchev–Trinajstić information content (AvgIpc) is 3.06. The first-order chi connectivity index (χ1) is 10.2. The van der Waals surface area contributed by atoms with Crippen LogP contribution in [0.1, 0.15) is 29.6 Å². The van der Waals surface area contributed by atoms with Crippen LogP contribution in [0, 0.1) is 5.92 Å². The summed E-state index contributed by atoms with van der Waals surface area (Å²) in [5.74, 6) is 0.587. The van der Waals surface area contributed by atoms with Crippen LogP contribution in [0.15, 0.2) is 24.4 Å². The lowest BCUT2D eigenvalue weighted by Gasteiger charge is -2.19. The van der Waals surface area contributed by atoms with Crippen molar-refractivity contribution in [2.45, 2.75) is 31.4 Å². The van der Waals surface area contributed by atoms with Crippen LogP contribution in [-0.2, 0) is 4.74 Å². The minimum absolute atomic E-state index is 0.0481. The van der Waals surface area contributed by atoms with Crippen LogP contribution in [0.25, 0.3) is 10.9 Å². The molecule has 4 N–H and O–H groups in total. The standard InChI is InChI=1S/C16H19N3O2/c17-10-3-4-13-11(7-10)12(8-18-13)16(20)19-14-5-6-21-15(14)9-1-2-9/h3-4,7-9,14-15,18H,1-2,5-6,17H2,(H,19,20). The molecule has 2 heterocycles. The molecule has 2 atom stereocenters. The van der Waals surface area contributed by atoms with Gasteiger partial charge in [-0.05, 0) is 43.4 Å². The van der Waals surface area contributed by atoms with Gasteiger partial charge in [0.2, 0.25) is 0 Å². The van der Waals surface area contributed by atoms with Crippen molar-refractivity contribution >= 4 is 22.5 Å². The van der Waals surface area contributed by atoms with Gasteiger partial charge < -0.3 is 20.8 Å². The van der Waals surface area contributed by atoms with Crippen LogP contribution in [-0.4, -0.2) is 29.6 Å². The zero-order chi connectivity index (χ0) is 14.4. The van der Waals surface area contributed by atoms with Gasteiger partial charge in [-0.2, -0.15) is 0 Å². The number of carbonyl (C=O) groups excluding carboxylic acids is 1. The van der Waals surface area contributed by atoms with E-state index < -0.39 is 0 Å². The zero-order valence-corrected chi connectivity index (χ0v) is 11.8. The Morgan fingerprint density at radius 3 is 3.00 bits per heavy atom. The van der Waals surface area contributed by atoms with Crippen molar-refractivity contribution in [3.05, 3.63) is 30.0 Å². The maximum absolute atomic E-state index is 12.5. The number of carbonyl (C=O) groups is 1. The number of hydrogen-bond donors (Lipinski definition) is 3. The molecule has 0 spiro atoms. The van der Waals surface area contributed by atoms with Gasteiger partial charge in [0.15, 0.2) is 0 Å². The molecule has 1 aromatic carbocycles. The molecule has 1 amide bonds. The lowest BCUT2D eigenvalue weighted by atomic mass is 10.1. The molecule has 1 aliphatic carbocycles. The van der Waals surface area contributed by atoms with Gasteiger partial charge in [-0.3, -0.25) is 4.79 Å². The average molecular weight is 285 g/mol. The van der Waals surface area contributed by atoms with E-state index in [1.54, 1.807) is 6.20 Å². The Bertz CT molecular complexity index is 690. The van der Waals surface area contributed by atoms with Crippen molar-refractivity contribution < 1.29 is 9.53 Å². The van der Waals surface area contributed by atoms with Crippen molar-refractivity contribution in [3.63, 3.8) is 0 Å². The van der Waals surface area contributed by atoms with Gasteiger partial charge >= 0.3 is 0 Å². The van der Waals surface area contributed by atoms with E-state index >= 15 is 0 Å². The van der Waals surface area contributed by atoms with E-state index in [1.165, 1.54) is 12.8 Å². The van der Waals surface area contributed by atoms with Crippen LogP contribution in [0.4, 0.5) is 5.69 Å². The summed E-state index contributed by atoms with van der Waals surface area (Å²) in [7, 11) is 0. The van der Waals surface area contributed by atoms with E-state index in [9.17, 15) is 4.79 Å². The Kier molecular flexibility index (Phi) is 2.89. The van der Waals surface area contributed by atoms with Gasteiger partial charge in [-0.15, -0.1) is 0 Å². The van der Waals surface area contributed by atoms with Crippen LogP contribution >= 0.6 is 0 Å². The third kappa shape index (κ3) is 2.27. The summed E-state index contributed by atoms with van der Waals surface area (Å²) in [5, 5.41) is 4.01. The molecule has 0 bridgehead atoms. The molecule has 2 aromatic rings. The molecular weight excluding hydrogens is 266 g/mol. The summed E-state index contributed by atoms with van der Waals surface area (Å²) in [6.45, 7) is 0.743. The molecular formula is C16H19N3O2. The molecule has 21 heavy (non-hydrogen) atoms. The molecule has 5 heteroatoms. The minimum atomic E-state index is -0.0481. The summed E-state index contributed by atoms with van der Waals surface area (Å²) in [6.07, 6.45) is 5.30. The second kappa shape index (κ2) is 4.77. The molecule has 5 nitrogen and oxygen atoms in total. The maximum atomic E-state index is 12.5. The molecule has 1 saturated carbocycles. The van der Waals surface area contributed by atoms with Crippen molar-refractivity contribution in [2.75, 3.05) is 12.3 Å². The molecule has 110 valence electrons. The lowest BCUT2D eigenvalue weighted by Crippen LogP contribution is -2.41. The predicted octanol–water partition coefficient (Wildman–Crippen LogP) is 2.05. The molecule has 4 rings (SSSR count). The summed E-state index contributed by atoms with van der Waals surface area (Å²) >= 11 is 0. The van der Waals surface area contributed by atoms with Crippen LogP contribution < -0.4 is 11.1 Å². The van der Waals surface area contributed by atoms with Crippen LogP contribution in [0.2, 0.25) is 0 Å². The number of aromatic nitrogens is 1. The number of hydrogen-bond acceptors (Lipinski definition) is 3. The topological polar surface area (TPSA) is 80.1 Å². The number of nitrogens with one attached hydrogen (secondary N) is 2. The quantitative estimate of drug-likeness (QED) is 0.755. The minimum Gasteiger partial charge on any atom is -0.399 e. The van der Waals surface area contributed by atoms with E-state index in [4.69, 9.17) is 10.5 Å². The Morgan fingerprint density at radius 1 is 1.33 bits per heavy atom. The first-order valence-corrected chi connectivity index (χ1v) is 7.51. The molecule has 2 fully saturated rings. The number of nitrogens with two attached hydrogens (primary N) is 1. The van der Waals surface area contributed by atoms with E-state index in [-0.39, 0.29) is 18.1 Å². The number of H-pyrrole nitrogens is 1. The monoisotopic (exact) mass is 285 g/mol. The van der Waals surface area contributed by atoms with Gasteiger partial charge in [-0.25, -0.2) is 0 Å².